The molecule has 0 amide bonds. The van der Waals surface area contributed by atoms with Gasteiger partial charge in [0.15, 0.2) is 6.33 Å². The summed E-state index contributed by atoms with van der Waals surface area (Å²) in [6.07, 6.45) is 1.36. The highest BCUT2D eigenvalue weighted by Gasteiger charge is 1.97. The van der Waals surface area contributed by atoms with Crippen molar-refractivity contribution in [1.29, 1.82) is 5.26 Å². The Labute approximate surface area is 80.6 Å². The zero-order valence-corrected chi connectivity index (χ0v) is 7.20. The Morgan fingerprint density at radius 1 is 1.29 bits per heavy atom. The molecule has 0 aliphatic carbocycles. The van der Waals surface area contributed by atoms with Crippen molar-refractivity contribution in [2.75, 3.05) is 0 Å². The van der Waals surface area contributed by atoms with E-state index in [0.29, 0.717) is 5.56 Å². The lowest BCUT2D eigenvalue weighted by Crippen LogP contribution is -2.00. The number of nitrogens with zero attached hydrogens (tertiary/aromatic N) is 5. The van der Waals surface area contributed by atoms with Gasteiger partial charge in [-0.05, 0) is 22.9 Å². The fourth-order valence-corrected chi connectivity index (χ4v) is 1.01. The van der Waals surface area contributed by atoms with Crippen molar-refractivity contribution in [3.63, 3.8) is 0 Å². The quantitative estimate of drug-likeness (QED) is 0.685. The number of nitriles is 1. The van der Waals surface area contributed by atoms with Crippen LogP contribution in [-0.4, -0.2) is 20.2 Å². The Balaban J connectivity index is 2.15. The van der Waals surface area contributed by atoms with Gasteiger partial charge in [0.1, 0.15) is 6.54 Å². The first kappa shape index (κ1) is 8.38. The normalized spacial score (nSPS) is 9.64. The Morgan fingerprint density at radius 3 is 2.64 bits per heavy atom. The molecular weight excluding hydrogens is 178 g/mol. The zero-order valence-electron chi connectivity index (χ0n) is 7.20. The maximum Gasteiger partial charge on any atom is 0.162 e. The lowest BCUT2D eigenvalue weighted by Gasteiger charge is -1.97. The number of aromatic nitrogens is 4. The van der Waals surface area contributed by atoms with Gasteiger partial charge < -0.3 is 0 Å². The van der Waals surface area contributed by atoms with Gasteiger partial charge in [-0.1, -0.05) is 12.1 Å². The summed E-state index contributed by atoms with van der Waals surface area (Å²) in [6.45, 7) is 1.72. The first-order valence-corrected chi connectivity index (χ1v) is 3.96. The molecule has 0 bridgehead atoms. The molecule has 0 spiro atoms. The molecule has 0 N–H and O–H groups in total. The molecule has 5 heteroatoms. The number of hydrogen-bond acceptors (Lipinski definition) is 4. The third-order valence-electron chi connectivity index (χ3n) is 1.67. The highest BCUT2D eigenvalue weighted by Crippen LogP contribution is 2.05. The topological polar surface area (TPSA) is 67.4 Å². The molecule has 1 heterocycles. The number of rotatable bonds is 2. The standard InChI is InChI=1S/C9H6N5/c10-5-8-1-3-9(4-2-8)6-14-12-7-11-13-14/h1-4,6-7H. The van der Waals surface area contributed by atoms with Crippen LogP contribution >= 0.6 is 0 Å². The van der Waals surface area contributed by atoms with E-state index in [2.05, 4.69) is 15.4 Å². The van der Waals surface area contributed by atoms with Gasteiger partial charge in [-0.3, -0.25) is 0 Å². The summed E-state index contributed by atoms with van der Waals surface area (Å²) in [5.41, 5.74) is 1.55. The summed E-state index contributed by atoms with van der Waals surface area (Å²) >= 11 is 0. The highest BCUT2D eigenvalue weighted by atomic mass is 15.6. The average Bonchev–Trinajstić information content (AvgIpc) is 2.72. The van der Waals surface area contributed by atoms with Crippen LogP contribution < -0.4 is 0 Å². The molecule has 14 heavy (non-hydrogen) atoms. The van der Waals surface area contributed by atoms with Crippen molar-refractivity contribution in [2.24, 2.45) is 0 Å². The molecule has 0 saturated carbocycles. The van der Waals surface area contributed by atoms with Gasteiger partial charge in [-0.15, -0.1) is 10.2 Å². The Bertz CT molecular complexity index is 437. The molecule has 0 fully saturated rings. The average molecular weight is 184 g/mol. The molecular formula is C9H6N5. The zero-order chi connectivity index (χ0) is 9.80. The van der Waals surface area contributed by atoms with Gasteiger partial charge >= 0.3 is 0 Å². The first-order chi connectivity index (χ1) is 6.88. The summed E-state index contributed by atoms with van der Waals surface area (Å²) < 4.78 is 0. The molecule has 0 aliphatic rings. The Hall–Kier alpha value is -2.22. The fraction of sp³-hybridized carbons (Fsp3) is 0. The molecule has 0 atom stereocenters. The van der Waals surface area contributed by atoms with Crippen molar-refractivity contribution in [1.82, 2.24) is 20.2 Å². The second-order valence-electron chi connectivity index (χ2n) is 2.62. The number of tetrazole rings is 1. The van der Waals surface area contributed by atoms with Gasteiger partial charge in [-0.2, -0.15) is 10.1 Å². The second-order valence-corrected chi connectivity index (χ2v) is 2.62. The molecule has 1 aromatic heterocycles. The van der Waals surface area contributed by atoms with E-state index < -0.39 is 0 Å². The van der Waals surface area contributed by atoms with Crippen LogP contribution in [0, 0.1) is 17.9 Å². The SMILES string of the molecule is N#Cc1ccc([CH]n2ncnn2)cc1. The molecule has 67 valence electrons. The number of benzene rings is 1. The van der Waals surface area contributed by atoms with Crippen LogP contribution in [0.5, 0.6) is 0 Å². The van der Waals surface area contributed by atoms with Gasteiger partial charge in [0.2, 0.25) is 0 Å². The molecule has 5 nitrogen and oxygen atoms in total. The molecule has 0 saturated heterocycles. The third-order valence-corrected chi connectivity index (χ3v) is 1.67. The summed E-state index contributed by atoms with van der Waals surface area (Å²) in [4.78, 5) is 1.36. The lowest BCUT2D eigenvalue weighted by atomic mass is 10.1. The maximum absolute atomic E-state index is 8.59. The highest BCUT2D eigenvalue weighted by molar-refractivity contribution is 5.33. The van der Waals surface area contributed by atoms with Gasteiger partial charge in [0.25, 0.3) is 0 Å². The van der Waals surface area contributed by atoms with E-state index in [0.717, 1.165) is 5.56 Å². The third kappa shape index (κ3) is 1.75. The van der Waals surface area contributed by atoms with Gasteiger partial charge in [0.05, 0.1) is 11.6 Å². The molecule has 1 radical (unpaired) electrons. The predicted octanol–water partition coefficient (Wildman–Crippen LogP) is 0.603. The minimum Gasteiger partial charge on any atom is -0.192 e. The van der Waals surface area contributed by atoms with E-state index in [4.69, 9.17) is 5.26 Å². The van der Waals surface area contributed by atoms with Crippen LogP contribution in [0.1, 0.15) is 11.1 Å². The largest absolute Gasteiger partial charge is 0.192 e. The van der Waals surface area contributed by atoms with Gasteiger partial charge in [0, 0.05) is 0 Å². The fourth-order valence-electron chi connectivity index (χ4n) is 1.01. The lowest BCUT2D eigenvalue weighted by molar-refractivity contribution is 0.677. The van der Waals surface area contributed by atoms with Crippen LogP contribution in [0.2, 0.25) is 0 Å². The van der Waals surface area contributed by atoms with Gasteiger partial charge in [-0.25, -0.2) is 0 Å². The molecule has 2 rings (SSSR count). The Morgan fingerprint density at radius 2 is 2.07 bits per heavy atom. The number of hydrogen-bond donors (Lipinski definition) is 0. The van der Waals surface area contributed by atoms with E-state index in [1.807, 2.05) is 18.2 Å². The molecule has 0 unspecified atom stereocenters. The minimum atomic E-state index is 0.633. The molecule has 1 aromatic carbocycles. The summed E-state index contributed by atoms with van der Waals surface area (Å²) in [6, 6.07) is 9.17. The second kappa shape index (κ2) is 3.66. The van der Waals surface area contributed by atoms with Crippen molar-refractivity contribution in [3.05, 3.63) is 48.3 Å². The maximum atomic E-state index is 8.59. The van der Waals surface area contributed by atoms with Crippen LogP contribution in [0.15, 0.2) is 30.6 Å². The molecule has 0 aliphatic heterocycles. The van der Waals surface area contributed by atoms with Crippen LogP contribution in [-0.2, 0) is 0 Å². The van der Waals surface area contributed by atoms with E-state index in [1.54, 1.807) is 18.7 Å². The Kier molecular flexibility index (Phi) is 2.19. The summed E-state index contributed by atoms with van der Waals surface area (Å²) in [5.74, 6) is 0. The predicted molar refractivity (Wildman–Crippen MR) is 47.8 cm³/mol. The van der Waals surface area contributed by atoms with E-state index in [1.165, 1.54) is 11.1 Å². The smallest absolute Gasteiger partial charge is 0.162 e. The monoisotopic (exact) mass is 184 g/mol. The van der Waals surface area contributed by atoms with Crippen molar-refractivity contribution in [3.8, 4) is 6.07 Å². The van der Waals surface area contributed by atoms with E-state index in [-0.39, 0.29) is 0 Å². The van der Waals surface area contributed by atoms with Crippen LogP contribution in [0.25, 0.3) is 0 Å². The summed E-state index contributed by atoms with van der Waals surface area (Å²) in [7, 11) is 0. The van der Waals surface area contributed by atoms with Crippen LogP contribution in [0.3, 0.4) is 0 Å². The van der Waals surface area contributed by atoms with E-state index in [9.17, 15) is 0 Å². The first-order valence-electron chi connectivity index (χ1n) is 3.96. The van der Waals surface area contributed by atoms with Crippen molar-refractivity contribution in [2.45, 2.75) is 0 Å². The van der Waals surface area contributed by atoms with Crippen molar-refractivity contribution >= 4 is 0 Å². The van der Waals surface area contributed by atoms with E-state index >= 15 is 0 Å². The minimum absolute atomic E-state index is 0.633. The van der Waals surface area contributed by atoms with Crippen molar-refractivity contribution < 1.29 is 0 Å². The van der Waals surface area contributed by atoms with Crippen LogP contribution in [0.4, 0.5) is 0 Å². The molecule has 2 aromatic rings. The summed E-state index contributed by atoms with van der Waals surface area (Å²) in [5, 5.41) is 19.7.